The molecule has 18 heavy (non-hydrogen) atoms. The molecule has 2 rings (SSSR count). The standard InChI is InChI=1S/C13H22N4O/c1-3-11-12(14-4-2)15-9-16-13(11)17-7-5-6-10(17)8-18/h9-10,18H,3-8H2,1-2H3,(H,14,15,16). The predicted octanol–water partition coefficient (Wildman–Crippen LogP) is 1.43. The van der Waals surface area contributed by atoms with Crippen molar-refractivity contribution in [1.29, 1.82) is 0 Å². The highest BCUT2D eigenvalue weighted by molar-refractivity contribution is 5.59. The van der Waals surface area contributed by atoms with E-state index in [-0.39, 0.29) is 12.6 Å². The van der Waals surface area contributed by atoms with Crippen molar-refractivity contribution in [2.45, 2.75) is 39.2 Å². The van der Waals surface area contributed by atoms with Crippen molar-refractivity contribution >= 4 is 11.6 Å². The topological polar surface area (TPSA) is 61.3 Å². The third-order valence-electron chi connectivity index (χ3n) is 3.48. The van der Waals surface area contributed by atoms with Gasteiger partial charge in [0.2, 0.25) is 0 Å². The normalized spacial score (nSPS) is 19.3. The minimum atomic E-state index is 0.198. The lowest BCUT2D eigenvalue weighted by Crippen LogP contribution is -2.33. The van der Waals surface area contributed by atoms with Gasteiger partial charge in [0.15, 0.2) is 0 Å². The molecule has 2 heterocycles. The lowest BCUT2D eigenvalue weighted by molar-refractivity contribution is 0.266. The molecule has 1 unspecified atom stereocenters. The number of rotatable bonds is 5. The molecule has 0 spiro atoms. The van der Waals surface area contributed by atoms with E-state index in [1.54, 1.807) is 6.33 Å². The van der Waals surface area contributed by atoms with E-state index < -0.39 is 0 Å². The van der Waals surface area contributed by atoms with E-state index in [1.165, 1.54) is 0 Å². The Morgan fingerprint density at radius 2 is 2.28 bits per heavy atom. The summed E-state index contributed by atoms with van der Waals surface area (Å²) in [5, 5.41) is 12.7. The Balaban J connectivity index is 2.34. The van der Waals surface area contributed by atoms with Gasteiger partial charge in [-0.05, 0) is 26.2 Å². The average molecular weight is 250 g/mol. The van der Waals surface area contributed by atoms with Gasteiger partial charge in [0.25, 0.3) is 0 Å². The van der Waals surface area contributed by atoms with Crippen molar-refractivity contribution < 1.29 is 5.11 Å². The van der Waals surface area contributed by atoms with Crippen molar-refractivity contribution in [3.05, 3.63) is 11.9 Å². The largest absolute Gasteiger partial charge is 0.394 e. The van der Waals surface area contributed by atoms with Crippen LogP contribution in [0.3, 0.4) is 0 Å². The van der Waals surface area contributed by atoms with Crippen LogP contribution in [-0.2, 0) is 6.42 Å². The van der Waals surface area contributed by atoms with E-state index in [0.29, 0.717) is 0 Å². The average Bonchev–Trinajstić information content (AvgIpc) is 2.87. The van der Waals surface area contributed by atoms with Crippen LogP contribution in [0.1, 0.15) is 32.3 Å². The number of anilines is 2. The Hall–Kier alpha value is -1.36. The molecule has 1 saturated heterocycles. The van der Waals surface area contributed by atoms with Crippen LogP contribution in [0.5, 0.6) is 0 Å². The monoisotopic (exact) mass is 250 g/mol. The Labute approximate surface area is 108 Å². The van der Waals surface area contributed by atoms with Gasteiger partial charge in [-0.15, -0.1) is 0 Å². The van der Waals surface area contributed by atoms with Crippen molar-refractivity contribution in [1.82, 2.24) is 9.97 Å². The van der Waals surface area contributed by atoms with Crippen molar-refractivity contribution in [2.75, 3.05) is 29.9 Å². The van der Waals surface area contributed by atoms with Crippen LogP contribution in [0.2, 0.25) is 0 Å². The van der Waals surface area contributed by atoms with Gasteiger partial charge in [0, 0.05) is 18.7 Å². The number of aliphatic hydroxyl groups excluding tert-OH is 1. The van der Waals surface area contributed by atoms with Gasteiger partial charge in [-0.1, -0.05) is 6.92 Å². The highest BCUT2D eigenvalue weighted by atomic mass is 16.3. The first-order valence-electron chi connectivity index (χ1n) is 6.77. The first-order valence-corrected chi connectivity index (χ1v) is 6.77. The second kappa shape index (κ2) is 6.00. The molecule has 0 aromatic carbocycles. The Morgan fingerprint density at radius 1 is 1.44 bits per heavy atom. The van der Waals surface area contributed by atoms with Gasteiger partial charge >= 0.3 is 0 Å². The van der Waals surface area contributed by atoms with Crippen LogP contribution < -0.4 is 10.2 Å². The summed E-state index contributed by atoms with van der Waals surface area (Å²) < 4.78 is 0. The van der Waals surface area contributed by atoms with Gasteiger partial charge < -0.3 is 15.3 Å². The maximum Gasteiger partial charge on any atom is 0.137 e. The van der Waals surface area contributed by atoms with Gasteiger partial charge in [-0.3, -0.25) is 0 Å². The molecule has 5 heteroatoms. The van der Waals surface area contributed by atoms with E-state index >= 15 is 0 Å². The third-order valence-corrected chi connectivity index (χ3v) is 3.48. The molecule has 0 saturated carbocycles. The Kier molecular flexibility index (Phi) is 4.36. The Bertz CT molecular complexity index is 397. The van der Waals surface area contributed by atoms with E-state index in [0.717, 1.165) is 49.6 Å². The molecule has 0 radical (unpaired) electrons. The van der Waals surface area contributed by atoms with E-state index in [9.17, 15) is 5.11 Å². The minimum absolute atomic E-state index is 0.198. The van der Waals surface area contributed by atoms with Gasteiger partial charge in [0.05, 0.1) is 12.6 Å². The second-order valence-corrected chi connectivity index (χ2v) is 4.58. The van der Waals surface area contributed by atoms with Crippen LogP contribution in [0.15, 0.2) is 6.33 Å². The lowest BCUT2D eigenvalue weighted by atomic mass is 10.2. The van der Waals surface area contributed by atoms with Crippen LogP contribution in [-0.4, -0.2) is 40.8 Å². The van der Waals surface area contributed by atoms with Crippen molar-refractivity contribution in [3.63, 3.8) is 0 Å². The minimum Gasteiger partial charge on any atom is -0.394 e. The first kappa shape index (κ1) is 13.1. The molecule has 1 aromatic rings. The highest BCUT2D eigenvalue weighted by Crippen LogP contribution is 2.29. The van der Waals surface area contributed by atoms with E-state index in [1.807, 2.05) is 0 Å². The summed E-state index contributed by atoms with van der Waals surface area (Å²) in [6.45, 7) is 6.21. The molecule has 1 aliphatic heterocycles. The number of hydrogen-bond donors (Lipinski definition) is 2. The number of aromatic nitrogens is 2. The third kappa shape index (κ3) is 2.41. The number of hydrogen-bond acceptors (Lipinski definition) is 5. The lowest BCUT2D eigenvalue weighted by Gasteiger charge is -2.26. The molecule has 1 aliphatic rings. The zero-order chi connectivity index (χ0) is 13.0. The Morgan fingerprint density at radius 3 is 2.94 bits per heavy atom. The summed E-state index contributed by atoms with van der Waals surface area (Å²) in [6, 6.07) is 0.208. The maximum atomic E-state index is 9.43. The van der Waals surface area contributed by atoms with Crippen LogP contribution in [0.4, 0.5) is 11.6 Å². The smallest absolute Gasteiger partial charge is 0.137 e. The molecule has 2 N–H and O–H groups in total. The van der Waals surface area contributed by atoms with Gasteiger partial charge in [-0.2, -0.15) is 0 Å². The zero-order valence-electron chi connectivity index (χ0n) is 11.2. The molecule has 0 amide bonds. The predicted molar refractivity (Wildman–Crippen MR) is 73.0 cm³/mol. The van der Waals surface area contributed by atoms with E-state index in [4.69, 9.17) is 0 Å². The molecule has 5 nitrogen and oxygen atoms in total. The van der Waals surface area contributed by atoms with Crippen molar-refractivity contribution in [2.24, 2.45) is 0 Å². The summed E-state index contributed by atoms with van der Waals surface area (Å²) in [5.74, 6) is 1.91. The molecule has 100 valence electrons. The molecule has 1 fully saturated rings. The molecule has 1 atom stereocenters. The number of nitrogens with zero attached hydrogens (tertiary/aromatic N) is 3. The first-order chi connectivity index (χ1) is 8.81. The quantitative estimate of drug-likeness (QED) is 0.828. The van der Waals surface area contributed by atoms with E-state index in [2.05, 4.69) is 34.0 Å². The number of aliphatic hydroxyl groups is 1. The zero-order valence-corrected chi connectivity index (χ0v) is 11.2. The molecule has 1 aromatic heterocycles. The second-order valence-electron chi connectivity index (χ2n) is 4.58. The van der Waals surface area contributed by atoms with Gasteiger partial charge in [-0.25, -0.2) is 9.97 Å². The van der Waals surface area contributed by atoms with Crippen LogP contribution in [0, 0.1) is 0 Å². The SMILES string of the molecule is CCNc1ncnc(N2CCCC2CO)c1CC. The summed E-state index contributed by atoms with van der Waals surface area (Å²) in [5.41, 5.74) is 1.15. The summed E-state index contributed by atoms with van der Waals surface area (Å²) >= 11 is 0. The summed E-state index contributed by atoms with van der Waals surface area (Å²) in [4.78, 5) is 11.0. The fraction of sp³-hybridized carbons (Fsp3) is 0.692. The molecule has 0 aliphatic carbocycles. The molecular formula is C13H22N4O. The fourth-order valence-corrected chi connectivity index (χ4v) is 2.60. The molecular weight excluding hydrogens is 228 g/mol. The van der Waals surface area contributed by atoms with Gasteiger partial charge in [0.1, 0.15) is 18.0 Å². The van der Waals surface area contributed by atoms with Crippen LogP contribution in [0.25, 0.3) is 0 Å². The fourth-order valence-electron chi connectivity index (χ4n) is 2.60. The summed E-state index contributed by atoms with van der Waals surface area (Å²) in [6.07, 6.45) is 4.67. The van der Waals surface area contributed by atoms with Crippen LogP contribution >= 0.6 is 0 Å². The summed E-state index contributed by atoms with van der Waals surface area (Å²) in [7, 11) is 0. The number of nitrogens with one attached hydrogen (secondary N) is 1. The maximum absolute atomic E-state index is 9.43. The highest BCUT2D eigenvalue weighted by Gasteiger charge is 2.27. The van der Waals surface area contributed by atoms with Crippen molar-refractivity contribution in [3.8, 4) is 0 Å². The molecule has 0 bridgehead atoms.